The predicted molar refractivity (Wildman–Crippen MR) is 86.7 cm³/mol. The van der Waals surface area contributed by atoms with Gasteiger partial charge in [0.05, 0.1) is 6.10 Å². The lowest BCUT2D eigenvalue weighted by Crippen LogP contribution is -2.52. The van der Waals surface area contributed by atoms with Gasteiger partial charge in [-0.2, -0.15) is 0 Å². The SMILES string of the molecule is COC1CCN(CC2(CNC(C)(C)C)CCOCC2)CC1. The second-order valence-corrected chi connectivity index (χ2v) is 7.93. The highest BCUT2D eigenvalue weighted by Gasteiger charge is 2.36. The van der Waals surface area contributed by atoms with Crippen LogP contribution in [0.1, 0.15) is 46.5 Å². The molecule has 2 aliphatic rings. The third kappa shape index (κ3) is 5.51. The number of hydrogen-bond donors (Lipinski definition) is 1. The standard InChI is InChI=1S/C17H34N2O2/c1-16(2,3)18-13-17(7-11-21-12-8-17)14-19-9-5-15(20-4)6-10-19/h15,18H,5-14H2,1-4H3. The van der Waals surface area contributed by atoms with Crippen molar-refractivity contribution in [3.63, 3.8) is 0 Å². The third-order valence-electron chi connectivity index (χ3n) is 4.97. The number of likely N-dealkylation sites (tertiary alicyclic amines) is 1. The van der Waals surface area contributed by atoms with E-state index in [0.29, 0.717) is 11.5 Å². The fourth-order valence-corrected chi connectivity index (χ4v) is 3.43. The minimum Gasteiger partial charge on any atom is -0.381 e. The zero-order valence-electron chi connectivity index (χ0n) is 14.4. The second-order valence-electron chi connectivity index (χ2n) is 7.93. The lowest BCUT2D eigenvalue weighted by Gasteiger charge is -2.44. The minimum atomic E-state index is 0.189. The first-order valence-electron chi connectivity index (χ1n) is 8.50. The molecular formula is C17H34N2O2. The Hall–Kier alpha value is -0.160. The van der Waals surface area contributed by atoms with Crippen molar-refractivity contribution in [1.29, 1.82) is 0 Å². The first kappa shape index (κ1) is 17.2. The van der Waals surface area contributed by atoms with E-state index >= 15 is 0 Å². The van der Waals surface area contributed by atoms with Crippen LogP contribution in [-0.2, 0) is 9.47 Å². The number of nitrogens with zero attached hydrogens (tertiary/aromatic N) is 1. The van der Waals surface area contributed by atoms with Crippen molar-refractivity contribution in [2.45, 2.75) is 58.1 Å². The van der Waals surface area contributed by atoms with Crippen LogP contribution < -0.4 is 5.32 Å². The number of rotatable bonds is 5. The summed E-state index contributed by atoms with van der Waals surface area (Å²) in [6, 6.07) is 0. The molecule has 0 aromatic rings. The molecule has 0 radical (unpaired) electrons. The van der Waals surface area contributed by atoms with Crippen LogP contribution in [0.25, 0.3) is 0 Å². The van der Waals surface area contributed by atoms with E-state index in [0.717, 1.165) is 19.8 Å². The van der Waals surface area contributed by atoms with Crippen LogP contribution in [0.4, 0.5) is 0 Å². The Morgan fingerprint density at radius 3 is 2.33 bits per heavy atom. The Labute approximate surface area is 130 Å². The molecule has 0 spiro atoms. The molecule has 4 nitrogen and oxygen atoms in total. The minimum absolute atomic E-state index is 0.189. The van der Waals surface area contributed by atoms with E-state index < -0.39 is 0 Å². The summed E-state index contributed by atoms with van der Waals surface area (Å²) >= 11 is 0. The highest BCUT2D eigenvalue weighted by atomic mass is 16.5. The molecule has 0 aromatic carbocycles. The Morgan fingerprint density at radius 2 is 1.81 bits per heavy atom. The lowest BCUT2D eigenvalue weighted by atomic mass is 9.78. The number of ether oxygens (including phenoxy) is 2. The van der Waals surface area contributed by atoms with Gasteiger partial charge in [0.1, 0.15) is 0 Å². The Bertz CT molecular complexity index is 300. The van der Waals surface area contributed by atoms with Crippen molar-refractivity contribution in [2.75, 3.05) is 46.5 Å². The van der Waals surface area contributed by atoms with Gasteiger partial charge in [-0.1, -0.05) is 0 Å². The van der Waals surface area contributed by atoms with Gasteiger partial charge in [-0.15, -0.1) is 0 Å². The van der Waals surface area contributed by atoms with Crippen LogP contribution in [0, 0.1) is 5.41 Å². The van der Waals surface area contributed by atoms with E-state index in [1.165, 1.54) is 45.3 Å². The second kappa shape index (κ2) is 7.40. The van der Waals surface area contributed by atoms with E-state index in [1.54, 1.807) is 0 Å². The summed E-state index contributed by atoms with van der Waals surface area (Å²) in [5.74, 6) is 0. The van der Waals surface area contributed by atoms with Gasteiger partial charge in [0.25, 0.3) is 0 Å². The molecule has 2 rings (SSSR count). The number of methoxy groups -OCH3 is 1. The molecule has 2 heterocycles. The summed E-state index contributed by atoms with van der Waals surface area (Å²) in [4.78, 5) is 2.64. The third-order valence-corrected chi connectivity index (χ3v) is 4.97. The van der Waals surface area contributed by atoms with E-state index in [4.69, 9.17) is 9.47 Å². The first-order valence-corrected chi connectivity index (χ1v) is 8.50. The van der Waals surface area contributed by atoms with Crippen LogP contribution in [0.15, 0.2) is 0 Å². The fraction of sp³-hybridized carbons (Fsp3) is 1.00. The monoisotopic (exact) mass is 298 g/mol. The first-order chi connectivity index (χ1) is 9.92. The number of hydrogen-bond acceptors (Lipinski definition) is 4. The molecule has 0 aromatic heterocycles. The van der Waals surface area contributed by atoms with E-state index in [1.807, 2.05) is 7.11 Å². The average Bonchev–Trinajstić information content (AvgIpc) is 2.46. The molecule has 1 N–H and O–H groups in total. The Morgan fingerprint density at radius 1 is 1.19 bits per heavy atom. The summed E-state index contributed by atoms with van der Waals surface area (Å²) in [6.07, 6.45) is 5.19. The van der Waals surface area contributed by atoms with Crippen LogP contribution in [-0.4, -0.2) is 63.0 Å². The van der Waals surface area contributed by atoms with Gasteiger partial charge in [0.15, 0.2) is 0 Å². The predicted octanol–water partition coefficient (Wildman–Crippen LogP) is 2.28. The average molecular weight is 298 g/mol. The van der Waals surface area contributed by atoms with Crippen molar-refractivity contribution in [2.24, 2.45) is 5.41 Å². The van der Waals surface area contributed by atoms with E-state index in [9.17, 15) is 0 Å². The van der Waals surface area contributed by atoms with Crippen molar-refractivity contribution < 1.29 is 9.47 Å². The fourth-order valence-electron chi connectivity index (χ4n) is 3.43. The maximum atomic E-state index is 5.61. The normalized spacial score (nSPS) is 25.1. The van der Waals surface area contributed by atoms with E-state index in [-0.39, 0.29) is 5.54 Å². The molecule has 2 aliphatic heterocycles. The van der Waals surface area contributed by atoms with Gasteiger partial charge < -0.3 is 19.7 Å². The topological polar surface area (TPSA) is 33.7 Å². The molecule has 0 unspecified atom stereocenters. The largest absolute Gasteiger partial charge is 0.381 e. The highest BCUT2D eigenvalue weighted by Crippen LogP contribution is 2.32. The zero-order valence-corrected chi connectivity index (χ0v) is 14.4. The molecule has 21 heavy (non-hydrogen) atoms. The van der Waals surface area contributed by atoms with Gasteiger partial charge in [0, 0.05) is 52.0 Å². The summed E-state index contributed by atoms with van der Waals surface area (Å²) in [5, 5.41) is 3.74. The van der Waals surface area contributed by atoms with Crippen molar-refractivity contribution >= 4 is 0 Å². The Balaban J connectivity index is 1.90. The molecule has 0 saturated carbocycles. The molecule has 0 aliphatic carbocycles. The van der Waals surface area contributed by atoms with Gasteiger partial charge in [-0.25, -0.2) is 0 Å². The van der Waals surface area contributed by atoms with Gasteiger partial charge in [-0.05, 0) is 51.9 Å². The maximum absolute atomic E-state index is 5.61. The van der Waals surface area contributed by atoms with Crippen molar-refractivity contribution in [3.8, 4) is 0 Å². The summed E-state index contributed by atoms with van der Waals surface area (Å²) in [7, 11) is 1.84. The summed E-state index contributed by atoms with van der Waals surface area (Å²) in [5.41, 5.74) is 0.569. The molecule has 0 atom stereocenters. The summed E-state index contributed by atoms with van der Waals surface area (Å²) in [6.45, 7) is 13.3. The van der Waals surface area contributed by atoms with Crippen molar-refractivity contribution in [1.82, 2.24) is 10.2 Å². The lowest BCUT2D eigenvalue weighted by molar-refractivity contribution is -0.0227. The number of piperidine rings is 1. The Kier molecular flexibility index (Phi) is 6.06. The van der Waals surface area contributed by atoms with Crippen LogP contribution in [0.2, 0.25) is 0 Å². The molecule has 4 heteroatoms. The van der Waals surface area contributed by atoms with Gasteiger partial charge in [-0.3, -0.25) is 0 Å². The molecule has 0 bridgehead atoms. The molecular weight excluding hydrogens is 264 g/mol. The molecule has 124 valence electrons. The van der Waals surface area contributed by atoms with Crippen LogP contribution >= 0.6 is 0 Å². The maximum Gasteiger partial charge on any atom is 0.0595 e. The molecule has 2 fully saturated rings. The van der Waals surface area contributed by atoms with Crippen LogP contribution in [0.5, 0.6) is 0 Å². The van der Waals surface area contributed by atoms with Crippen molar-refractivity contribution in [3.05, 3.63) is 0 Å². The van der Waals surface area contributed by atoms with E-state index in [2.05, 4.69) is 31.0 Å². The summed E-state index contributed by atoms with van der Waals surface area (Å²) < 4.78 is 11.1. The number of nitrogens with one attached hydrogen (secondary N) is 1. The zero-order chi connectivity index (χ0) is 15.3. The highest BCUT2D eigenvalue weighted by molar-refractivity contribution is 4.90. The van der Waals surface area contributed by atoms with Gasteiger partial charge >= 0.3 is 0 Å². The quantitative estimate of drug-likeness (QED) is 0.844. The van der Waals surface area contributed by atoms with Crippen LogP contribution in [0.3, 0.4) is 0 Å². The molecule has 0 amide bonds. The van der Waals surface area contributed by atoms with Gasteiger partial charge in [0.2, 0.25) is 0 Å². The smallest absolute Gasteiger partial charge is 0.0595 e. The molecule has 2 saturated heterocycles.